The van der Waals surface area contributed by atoms with Gasteiger partial charge in [-0.25, -0.2) is 9.78 Å². The van der Waals surface area contributed by atoms with E-state index in [1.807, 2.05) is 24.3 Å². The topological polar surface area (TPSA) is 83.0 Å². The predicted molar refractivity (Wildman–Crippen MR) is 80.6 cm³/mol. The van der Waals surface area contributed by atoms with Crippen LogP contribution in [0.1, 0.15) is 26.5 Å². The molecule has 0 fully saturated rings. The molecular weight excluding hydrogens is 336 g/mol. The quantitative estimate of drug-likeness (QED) is 0.714. The van der Waals surface area contributed by atoms with E-state index in [-0.39, 0.29) is 11.4 Å². The van der Waals surface area contributed by atoms with Crippen molar-refractivity contribution in [2.45, 2.75) is 0 Å². The summed E-state index contributed by atoms with van der Waals surface area (Å²) in [6.07, 6.45) is 1.21. The number of hydrogen-bond donors (Lipinski definition) is 2. The first-order valence-electron chi connectivity index (χ1n) is 6.08. The second kappa shape index (κ2) is 5.14. The SMILES string of the molecule is O=C(O)c1[nH]cnc1C(=O)c1ccc(Br)c2ccccc12. The number of nitrogens with zero attached hydrogens (tertiary/aromatic N) is 1. The lowest BCUT2D eigenvalue weighted by Crippen LogP contribution is -2.10. The van der Waals surface area contributed by atoms with E-state index < -0.39 is 11.8 Å². The Hall–Kier alpha value is -2.47. The van der Waals surface area contributed by atoms with Crippen LogP contribution in [0, 0.1) is 0 Å². The van der Waals surface area contributed by atoms with Crippen molar-refractivity contribution >= 4 is 38.5 Å². The van der Waals surface area contributed by atoms with Gasteiger partial charge in [-0.1, -0.05) is 40.2 Å². The zero-order valence-corrected chi connectivity index (χ0v) is 12.2. The van der Waals surface area contributed by atoms with Gasteiger partial charge in [-0.15, -0.1) is 0 Å². The van der Waals surface area contributed by atoms with Crippen LogP contribution in [0.2, 0.25) is 0 Å². The summed E-state index contributed by atoms with van der Waals surface area (Å²) < 4.78 is 0.870. The minimum atomic E-state index is -1.21. The van der Waals surface area contributed by atoms with E-state index in [0.29, 0.717) is 5.56 Å². The summed E-state index contributed by atoms with van der Waals surface area (Å²) in [5.74, 6) is -1.63. The predicted octanol–water partition coefficient (Wildman–Crippen LogP) is 3.25. The lowest BCUT2D eigenvalue weighted by molar-refractivity contribution is 0.0687. The van der Waals surface area contributed by atoms with Crippen LogP contribution in [0.3, 0.4) is 0 Å². The van der Waals surface area contributed by atoms with Gasteiger partial charge >= 0.3 is 5.97 Å². The number of H-pyrrole nitrogens is 1. The van der Waals surface area contributed by atoms with Crippen LogP contribution in [0.5, 0.6) is 0 Å². The van der Waals surface area contributed by atoms with Crippen molar-refractivity contribution in [3.8, 4) is 0 Å². The van der Waals surface area contributed by atoms with Crippen LogP contribution in [0.15, 0.2) is 47.2 Å². The number of fused-ring (bicyclic) bond motifs is 1. The molecule has 104 valence electrons. The molecule has 6 heteroatoms. The number of carboxylic acids is 1. The van der Waals surface area contributed by atoms with Gasteiger partial charge in [0.1, 0.15) is 5.69 Å². The van der Waals surface area contributed by atoms with Crippen molar-refractivity contribution in [3.05, 3.63) is 64.1 Å². The van der Waals surface area contributed by atoms with Gasteiger partial charge < -0.3 is 10.1 Å². The van der Waals surface area contributed by atoms with Gasteiger partial charge in [0.05, 0.1) is 6.33 Å². The minimum Gasteiger partial charge on any atom is -0.477 e. The van der Waals surface area contributed by atoms with Gasteiger partial charge in [-0.3, -0.25) is 4.79 Å². The van der Waals surface area contributed by atoms with Crippen molar-refractivity contribution in [2.24, 2.45) is 0 Å². The van der Waals surface area contributed by atoms with Crippen molar-refractivity contribution in [1.29, 1.82) is 0 Å². The zero-order valence-electron chi connectivity index (χ0n) is 10.6. The number of imidazole rings is 1. The summed E-state index contributed by atoms with van der Waals surface area (Å²) in [5.41, 5.74) is 0.130. The second-order valence-corrected chi connectivity index (χ2v) is 5.26. The highest BCUT2D eigenvalue weighted by Gasteiger charge is 2.22. The minimum absolute atomic E-state index is 0.0880. The molecule has 5 nitrogen and oxygen atoms in total. The van der Waals surface area contributed by atoms with E-state index >= 15 is 0 Å². The molecule has 0 aliphatic heterocycles. The van der Waals surface area contributed by atoms with E-state index in [9.17, 15) is 9.59 Å². The van der Waals surface area contributed by atoms with E-state index in [1.165, 1.54) is 6.33 Å². The molecule has 0 aliphatic rings. The Balaban J connectivity index is 2.21. The lowest BCUT2D eigenvalue weighted by Gasteiger charge is -2.06. The number of rotatable bonds is 3. The number of aromatic nitrogens is 2. The maximum Gasteiger partial charge on any atom is 0.354 e. The van der Waals surface area contributed by atoms with Crippen LogP contribution < -0.4 is 0 Å². The fourth-order valence-corrected chi connectivity index (χ4v) is 2.70. The molecule has 0 saturated carbocycles. The third-order valence-electron chi connectivity index (χ3n) is 3.18. The molecule has 0 spiro atoms. The van der Waals surface area contributed by atoms with Crippen LogP contribution >= 0.6 is 15.9 Å². The molecular formula is C15H9BrN2O3. The molecule has 2 aromatic carbocycles. The normalized spacial score (nSPS) is 10.7. The second-order valence-electron chi connectivity index (χ2n) is 4.40. The van der Waals surface area contributed by atoms with Gasteiger partial charge in [0.25, 0.3) is 0 Å². The van der Waals surface area contributed by atoms with Crippen LogP contribution in [0.25, 0.3) is 10.8 Å². The Morgan fingerprint density at radius 1 is 1.10 bits per heavy atom. The van der Waals surface area contributed by atoms with Crippen LogP contribution in [0.4, 0.5) is 0 Å². The fourth-order valence-electron chi connectivity index (χ4n) is 2.22. The number of ketones is 1. The number of aromatic amines is 1. The number of aromatic carboxylic acids is 1. The summed E-state index contributed by atoms with van der Waals surface area (Å²) in [6, 6.07) is 10.8. The molecule has 0 atom stereocenters. The van der Waals surface area contributed by atoms with Gasteiger partial charge in [-0.05, 0) is 22.9 Å². The molecule has 0 aliphatic carbocycles. The van der Waals surface area contributed by atoms with Crippen molar-refractivity contribution < 1.29 is 14.7 Å². The molecule has 0 bridgehead atoms. The van der Waals surface area contributed by atoms with E-state index in [4.69, 9.17) is 5.11 Å². The average Bonchev–Trinajstić information content (AvgIpc) is 2.97. The lowest BCUT2D eigenvalue weighted by atomic mass is 9.99. The first kappa shape index (κ1) is 13.5. The number of benzene rings is 2. The first-order chi connectivity index (χ1) is 10.1. The highest BCUT2D eigenvalue weighted by Crippen LogP contribution is 2.28. The zero-order chi connectivity index (χ0) is 15.0. The third-order valence-corrected chi connectivity index (χ3v) is 3.88. The maximum absolute atomic E-state index is 12.6. The van der Waals surface area contributed by atoms with Gasteiger partial charge in [0.2, 0.25) is 5.78 Å². The Morgan fingerprint density at radius 2 is 1.81 bits per heavy atom. The molecule has 3 aromatic rings. The van der Waals surface area contributed by atoms with E-state index in [2.05, 4.69) is 25.9 Å². The Morgan fingerprint density at radius 3 is 2.52 bits per heavy atom. The summed E-state index contributed by atoms with van der Waals surface area (Å²) in [6.45, 7) is 0. The molecule has 21 heavy (non-hydrogen) atoms. The maximum atomic E-state index is 12.6. The van der Waals surface area contributed by atoms with Crippen molar-refractivity contribution in [3.63, 3.8) is 0 Å². The molecule has 0 saturated heterocycles. The molecule has 3 rings (SSSR count). The molecule has 0 radical (unpaired) electrons. The molecule has 2 N–H and O–H groups in total. The summed E-state index contributed by atoms with van der Waals surface area (Å²) in [7, 11) is 0. The number of carboxylic acid groups (broad SMARTS) is 1. The number of carbonyl (C=O) groups excluding carboxylic acids is 1. The first-order valence-corrected chi connectivity index (χ1v) is 6.87. The standard InChI is InChI=1S/C15H9BrN2O3/c16-11-6-5-10(8-3-1-2-4-9(8)11)14(19)12-13(15(20)21)18-7-17-12/h1-7H,(H,17,18)(H,20,21). The Kier molecular flexibility index (Phi) is 3.31. The van der Waals surface area contributed by atoms with E-state index in [1.54, 1.807) is 12.1 Å². The number of halogens is 1. The highest BCUT2D eigenvalue weighted by atomic mass is 79.9. The number of hydrogen-bond acceptors (Lipinski definition) is 3. The summed E-state index contributed by atoms with van der Waals surface area (Å²) in [4.78, 5) is 30.0. The van der Waals surface area contributed by atoms with Gasteiger partial charge in [0.15, 0.2) is 5.69 Å². The van der Waals surface area contributed by atoms with Crippen molar-refractivity contribution in [1.82, 2.24) is 9.97 Å². The Bertz CT molecular complexity index is 870. The largest absolute Gasteiger partial charge is 0.477 e. The van der Waals surface area contributed by atoms with E-state index in [0.717, 1.165) is 15.2 Å². The monoisotopic (exact) mass is 344 g/mol. The number of carbonyl (C=O) groups is 2. The Labute approximate surface area is 127 Å². The molecule has 0 unspecified atom stereocenters. The molecule has 1 aromatic heterocycles. The third kappa shape index (κ3) is 2.23. The van der Waals surface area contributed by atoms with Gasteiger partial charge in [-0.2, -0.15) is 0 Å². The highest BCUT2D eigenvalue weighted by molar-refractivity contribution is 9.10. The molecule has 1 heterocycles. The fraction of sp³-hybridized carbons (Fsp3) is 0. The van der Waals surface area contributed by atoms with Crippen LogP contribution in [-0.4, -0.2) is 26.8 Å². The molecule has 0 amide bonds. The van der Waals surface area contributed by atoms with Gasteiger partial charge in [0, 0.05) is 10.0 Å². The van der Waals surface area contributed by atoms with Crippen LogP contribution in [-0.2, 0) is 0 Å². The smallest absolute Gasteiger partial charge is 0.354 e. The summed E-state index contributed by atoms with van der Waals surface area (Å²) in [5, 5.41) is 10.7. The summed E-state index contributed by atoms with van der Waals surface area (Å²) >= 11 is 3.44. The number of nitrogens with one attached hydrogen (secondary N) is 1. The van der Waals surface area contributed by atoms with Crippen molar-refractivity contribution in [2.75, 3.05) is 0 Å². The average molecular weight is 345 g/mol.